The molecule has 0 N–H and O–H groups in total. The molecule has 0 amide bonds. The molecular weight excluding hydrogens is 392 g/mol. The van der Waals surface area contributed by atoms with E-state index in [-0.39, 0.29) is 22.1 Å². The Labute approximate surface area is 154 Å². The van der Waals surface area contributed by atoms with Crippen LogP contribution in [0.15, 0.2) is 43.0 Å². The van der Waals surface area contributed by atoms with Gasteiger partial charge in [0.1, 0.15) is 5.69 Å². The van der Waals surface area contributed by atoms with Crippen molar-refractivity contribution in [1.29, 1.82) is 0 Å². The highest BCUT2D eigenvalue weighted by Gasteiger charge is 2.42. The van der Waals surface area contributed by atoms with Crippen LogP contribution in [0.2, 0.25) is 0 Å². The van der Waals surface area contributed by atoms with Crippen LogP contribution in [0.5, 0.6) is 0 Å². The number of rotatable bonds is 6. The number of aromatic nitrogens is 2. The van der Waals surface area contributed by atoms with E-state index >= 15 is 0 Å². The smallest absolute Gasteiger partial charge is 0.367 e. The lowest BCUT2D eigenvalue weighted by atomic mass is 10.2. The summed E-state index contributed by atoms with van der Waals surface area (Å²) in [6.07, 6.45) is -9.31. The summed E-state index contributed by atoms with van der Waals surface area (Å²) in [5.41, 5.74) is -3.39. The van der Waals surface area contributed by atoms with E-state index in [0.29, 0.717) is 0 Å². The summed E-state index contributed by atoms with van der Waals surface area (Å²) in [6.45, 7) is 2.78. The highest BCUT2D eigenvalue weighted by Crippen LogP contribution is 2.36. The number of nitrogens with zero attached hydrogens (tertiary/aromatic N) is 3. The van der Waals surface area contributed by atoms with Crippen molar-refractivity contribution in [2.75, 3.05) is 18.5 Å². The summed E-state index contributed by atoms with van der Waals surface area (Å²) in [4.78, 5) is 24.2. The van der Waals surface area contributed by atoms with Gasteiger partial charge in [0.15, 0.2) is 5.69 Å². The Kier molecular flexibility index (Phi) is 5.67. The highest BCUT2D eigenvalue weighted by atomic mass is 19.4. The molecule has 0 aliphatic carbocycles. The zero-order valence-corrected chi connectivity index (χ0v) is 14.3. The normalized spacial score (nSPS) is 12.0. The Hall–Kier alpha value is -3.11. The van der Waals surface area contributed by atoms with E-state index in [1.54, 1.807) is 0 Å². The lowest BCUT2D eigenvalue weighted by molar-refractivity contribution is -0.143. The zero-order chi connectivity index (χ0) is 21.3. The number of alkyl halides is 6. The molecule has 0 radical (unpaired) electrons. The largest absolute Gasteiger partial charge is 0.435 e. The van der Waals surface area contributed by atoms with Crippen LogP contribution in [0.1, 0.15) is 11.4 Å². The quantitative estimate of drug-likeness (QED) is 0.418. The summed E-state index contributed by atoms with van der Waals surface area (Å²) in [5, 5.41) is 3.04. The minimum Gasteiger partial charge on any atom is -0.367 e. The first kappa shape index (κ1) is 21.2. The number of carbonyl (C=O) groups is 2. The van der Waals surface area contributed by atoms with E-state index in [2.05, 4.69) is 11.7 Å². The van der Waals surface area contributed by atoms with E-state index in [4.69, 9.17) is 0 Å². The Morgan fingerprint density at radius 1 is 1.14 bits per heavy atom. The van der Waals surface area contributed by atoms with Gasteiger partial charge in [-0.2, -0.15) is 31.4 Å². The van der Waals surface area contributed by atoms with Gasteiger partial charge in [-0.15, -0.1) is 0 Å². The number of ketones is 2. The predicted octanol–water partition coefficient (Wildman–Crippen LogP) is 3.67. The first-order chi connectivity index (χ1) is 12.8. The number of benzene rings is 1. The topological polar surface area (TPSA) is 55.2 Å². The van der Waals surface area contributed by atoms with Crippen LogP contribution in [0.25, 0.3) is 5.69 Å². The fourth-order valence-corrected chi connectivity index (χ4v) is 2.28. The summed E-state index contributed by atoms with van der Waals surface area (Å²) < 4.78 is 78.1. The third kappa shape index (κ3) is 4.59. The number of anilines is 1. The van der Waals surface area contributed by atoms with E-state index in [9.17, 15) is 35.9 Å². The van der Waals surface area contributed by atoms with Crippen LogP contribution in [-0.2, 0) is 21.9 Å². The fourth-order valence-electron chi connectivity index (χ4n) is 2.28. The van der Waals surface area contributed by atoms with Gasteiger partial charge in [0.05, 0.1) is 12.2 Å². The molecule has 150 valence electrons. The molecule has 0 atom stereocenters. The molecule has 0 aliphatic rings. The Bertz CT molecular complexity index is 914. The standard InChI is InChI=1S/C17H13F6N3O2/c1-3-12(27)13(28)9-25(2)10-5-4-6-11(7-10)26-15(17(21,22)23)8-14(24-26)16(18,19)20/h3-8H,1,9H2,2H3. The molecule has 0 aliphatic heterocycles. The first-order valence-corrected chi connectivity index (χ1v) is 7.60. The third-order valence-corrected chi connectivity index (χ3v) is 3.65. The second kappa shape index (κ2) is 7.49. The SMILES string of the molecule is C=CC(=O)C(=O)CN(C)c1cccc(-n2nc(C(F)(F)F)cc2C(F)(F)F)c1. The maximum atomic E-state index is 13.2. The van der Waals surface area contributed by atoms with Crippen molar-refractivity contribution in [3.05, 3.63) is 54.4 Å². The van der Waals surface area contributed by atoms with Gasteiger partial charge >= 0.3 is 12.4 Å². The summed E-state index contributed by atoms with van der Waals surface area (Å²) in [5.74, 6) is -1.65. The number of likely N-dealkylation sites (N-methyl/N-ethyl adjacent to an activating group) is 1. The first-order valence-electron chi connectivity index (χ1n) is 7.60. The van der Waals surface area contributed by atoms with Crippen LogP contribution in [0.3, 0.4) is 0 Å². The number of Topliss-reactive ketones (excluding diaryl/α,β-unsaturated/α-hetero) is 1. The number of hydrogen-bond acceptors (Lipinski definition) is 4. The predicted molar refractivity (Wildman–Crippen MR) is 87.0 cm³/mol. The van der Waals surface area contributed by atoms with Crippen molar-refractivity contribution in [3.63, 3.8) is 0 Å². The molecule has 2 aromatic rings. The summed E-state index contributed by atoms with van der Waals surface area (Å²) in [7, 11) is 1.39. The van der Waals surface area contributed by atoms with Crippen molar-refractivity contribution >= 4 is 17.3 Å². The lowest BCUT2D eigenvalue weighted by Gasteiger charge is -2.19. The Morgan fingerprint density at radius 2 is 1.79 bits per heavy atom. The molecular formula is C17H13F6N3O2. The maximum Gasteiger partial charge on any atom is 0.435 e. The minimum absolute atomic E-state index is 0.0807. The van der Waals surface area contributed by atoms with Crippen LogP contribution < -0.4 is 4.90 Å². The fraction of sp³-hybridized carbons (Fsp3) is 0.235. The molecule has 0 saturated carbocycles. The Morgan fingerprint density at radius 3 is 2.32 bits per heavy atom. The molecule has 28 heavy (non-hydrogen) atoms. The molecule has 1 heterocycles. The van der Waals surface area contributed by atoms with E-state index < -0.39 is 41.9 Å². The van der Waals surface area contributed by atoms with Crippen LogP contribution in [0, 0.1) is 0 Å². The van der Waals surface area contributed by atoms with E-state index in [1.165, 1.54) is 24.1 Å². The maximum absolute atomic E-state index is 13.2. The molecule has 1 aromatic carbocycles. The monoisotopic (exact) mass is 405 g/mol. The molecule has 1 aromatic heterocycles. The van der Waals surface area contributed by atoms with Crippen LogP contribution >= 0.6 is 0 Å². The second-order valence-electron chi connectivity index (χ2n) is 5.69. The van der Waals surface area contributed by atoms with Crippen molar-refractivity contribution in [2.24, 2.45) is 0 Å². The van der Waals surface area contributed by atoms with Crippen molar-refractivity contribution in [2.45, 2.75) is 12.4 Å². The summed E-state index contributed by atoms with van der Waals surface area (Å²) in [6, 6.07) is 4.87. The molecule has 0 fully saturated rings. The van der Waals surface area contributed by atoms with Gasteiger partial charge in [-0.05, 0) is 24.3 Å². The molecule has 0 saturated heterocycles. The molecule has 0 bridgehead atoms. The van der Waals surface area contributed by atoms with Gasteiger partial charge in [0.2, 0.25) is 11.6 Å². The zero-order valence-electron chi connectivity index (χ0n) is 14.3. The average Bonchev–Trinajstić information content (AvgIpc) is 3.07. The minimum atomic E-state index is -5.08. The Balaban J connectivity index is 2.46. The lowest BCUT2D eigenvalue weighted by Crippen LogP contribution is -2.29. The number of halogens is 6. The van der Waals surface area contributed by atoms with Gasteiger partial charge in [-0.25, -0.2) is 4.68 Å². The van der Waals surface area contributed by atoms with Gasteiger partial charge in [0.25, 0.3) is 0 Å². The van der Waals surface area contributed by atoms with Crippen molar-refractivity contribution in [1.82, 2.24) is 9.78 Å². The number of allylic oxidation sites excluding steroid dienone is 1. The molecule has 2 rings (SSSR count). The van der Waals surface area contributed by atoms with Crippen LogP contribution in [0.4, 0.5) is 32.0 Å². The number of hydrogen-bond donors (Lipinski definition) is 0. The van der Waals surface area contributed by atoms with E-state index in [1.807, 2.05) is 0 Å². The van der Waals surface area contributed by atoms with Gasteiger partial charge in [0, 0.05) is 18.8 Å². The van der Waals surface area contributed by atoms with Gasteiger partial charge < -0.3 is 4.90 Å². The third-order valence-electron chi connectivity index (χ3n) is 3.65. The average molecular weight is 405 g/mol. The van der Waals surface area contributed by atoms with Gasteiger partial charge in [-0.1, -0.05) is 12.6 Å². The molecule has 0 unspecified atom stereocenters. The van der Waals surface area contributed by atoms with Crippen molar-refractivity contribution in [3.8, 4) is 5.69 Å². The van der Waals surface area contributed by atoms with Gasteiger partial charge in [-0.3, -0.25) is 9.59 Å². The highest BCUT2D eigenvalue weighted by molar-refractivity contribution is 6.42. The molecule has 5 nitrogen and oxygen atoms in total. The second-order valence-corrected chi connectivity index (χ2v) is 5.69. The van der Waals surface area contributed by atoms with Crippen molar-refractivity contribution < 1.29 is 35.9 Å². The number of carbonyl (C=O) groups excluding carboxylic acids is 2. The van der Waals surface area contributed by atoms with Crippen LogP contribution in [-0.4, -0.2) is 34.9 Å². The summed E-state index contributed by atoms with van der Waals surface area (Å²) >= 11 is 0. The molecule has 0 spiro atoms. The van der Waals surface area contributed by atoms with E-state index in [0.717, 1.165) is 18.2 Å². The molecule has 11 heteroatoms.